The molecule has 0 aromatic carbocycles. The molecule has 1 heterocycles. The van der Waals surface area contributed by atoms with Crippen molar-refractivity contribution in [2.75, 3.05) is 0 Å². The minimum Gasteiger partial charge on any atom is -0.262 e. The van der Waals surface area contributed by atoms with Gasteiger partial charge in [-0.05, 0) is 12.8 Å². The van der Waals surface area contributed by atoms with E-state index in [1.807, 2.05) is 0 Å². The van der Waals surface area contributed by atoms with Crippen LogP contribution >= 0.6 is 11.3 Å². The summed E-state index contributed by atoms with van der Waals surface area (Å²) >= 11 is 0.536. The lowest BCUT2D eigenvalue weighted by molar-refractivity contribution is -0.0287. The van der Waals surface area contributed by atoms with E-state index in [9.17, 15) is 18.5 Å². The van der Waals surface area contributed by atoms with E-state index in [0.29, 0.717) is 24.2 Å². The Hall–Kier alpha value is -1.24. The van der Waals surface area contributed by atoms with Gasteiger partial charge in [-0.15, -0.1) is 16.2 Å². The molecular weight excluding hydrogens is 226 g/mol. The quantitative estimate of drug-likeness (QED) is 0.752. The Morgan fingerprint density at radius 3 is 2.80 bits per heavy atom. The van der Waals surface area contributed by atoms with Crippen molar-refractivity contribution in [3.05, 3.63) is 21.0 Å². The maximum Gasteiger partial charge on any atom is 0.328 e. The fourth-order valence-corrected chi connectivity index (χ4v) is 2.04. The van der Waals surface area contributed by atoms with E-state index in [0.717, 1.165) is 6.20 Å². The molecule has 1 aromatic heterocycles. The van der Waals surface area contributed by atoms with Crippen LogP contribution in [0.3, 0.4) is 0 Å². The van der Waals surface area contributed by atoms with E-state index in [1.54, 1.807) is 0 Å². The van der Waals surface area contributed by atoms with Crippen molar-refractivity contribution < 1.29 is 13.6 Å². The van der Waals surface area contributed by atoms with E-state index >= 15 is 0 Å². The molecule has 7 heteroatoms. The first-order chi connectivity index (χ1) is 7.05. The first-order valence-corrected chi connectivity index (χ1v) is 5.09. The monoisotopic (exact) mass is 232 g/mol. The lowest BCUT2D eigenvalue weighted by atomic mass is 10.2. The van der Waals surface area contributed by atoms with E-state index in [1.165, 1.54) is 0 Å². The Balaban J connectivity index is 2.26. The molecular formula is C8H6F2N2O2S. The van der Waals surface area contributed by atoms with Crippen LogP contribution in [0.1, 0.15) is 27.5 Å². The van der Waals surface area contributed by atoms with Crippen LogP contribution in [0.25, 0.3) is 0 Å². The molecule has 15 heavy (non-hydrogen) atoms. The van der Waals surface area contributed by atoms with Crippen LogP contribution in [0, 0.1) is 10.8 Å². The molecule has 4 nitrogen and oxygen atoms in total. The molecule has 1 saturated carbocycles. The smallest absolute Gasteiger partial charge is 0.262 e. The summed E-state index contributed by atoms with van der Waals surface area (Å²) in [5, 5.41) is 1.75. The molecule has 0 spiro atoms. The minimum absolute atomic E-state index is 0.139. The van der Waals surface area contributed by atoms with Crippen molar-refractivity contribution in [2.24, 2.45) is 11.1 Å². The van der Waals surface area contributed by atoms with Crippen molar-refractivity contribution in [3.8, 4) is 0 Å². The van der Waals surface area contributed by atoms with Gasteiger partial charge in [-0.2, -0.15) is 8.78 Å². The topological polar surface area (TPSA) is 59.4 Å². The van der Waals surface area contributed by atoms with Gasteiger partial charge in [0.15, 0.2) is 5.01 Å². The van der Waals surface area contributed by atoms with Gasteiger partial charge in [-0.3, -0.25) is 4.79 Å². The Labute approximate surface area is 87.3 Å². The van der Waals surface area contributed by atoms with Gasteiger partial charge in [0.25, 0.3) is 0 Å². The number of aromatic nitrogens is 1. The third kappa shape index (κ3) is 1.79. The largest absolute Gasteiger partial charge is 0.328 e. The maximum atomic E-state index is 13.4. The second kappa shape index (κ2) is 3.41. The number of nitroso groups, excluding NO2 is 1. The highest BCUT2D eigenvalue weighted by molar-refractivity contribution is 7.13. The highest BCUT2D eigenvalue weighted by atomic mass is 32.1. The standard InChI is InChI=1S/C8H6F2N2O2S/c9-8(10,4-1-2-4)7-11-3-5(15-7)6(13)12-14/h3-4H,1-2H2. The zero-order valence-electron chi connectivity index (χ0n) is 7.44. The highest BCUT2D eigenvalue weighted by Crippen LogP contribution is 2.50. The van der Waals surface area contributed by atoms with Gasteiger partial charge in [-0.1, -0.05) is 0 Å². The zero-order valence-corrected chi connectivity index (χ0v) is 8.26. The molecule has 0 atom stereocenters. The third-order valence-electron chi connectivity index (χ3n) is 2.17. The van der Waals surface area contributed by atoms with Gasteiger partial charge in [0.1, 0.15) is 4.88 Å². The van der Waals surface area contributed by atoms with Crippen LogP contribution in [0.4, 0.5) is 8.78 Å². The molecule has 0 aliphatic heterocycles. The summed E-state index contributed by atoms with van der Waals surface area (Å²) in [5.41, 5.74) is 0. The van der Waals surface area contributed by atoms with Crippen LogP contribution in [-0.4, -0.2) is 10.9 Å². The molecule has 0 N–H and O–H groups in total. The number of alkyl halides is 2. The Morgan fingerprint density at radius 1 is 1.60 bits per heavy atom. The van der Waals surface area contributed by atoms with E-state index in [2.05, 4.69) is 10.2 Å². The molecule has 0 radical (unpaired) electrons. The van der Waals surface area contributed by atoms with Gasteiger partial charge in [0, 0.05) is 11.1 Å². The predicted octanol–water partition coefficient (Wildman–Crippen LogP) is 2.55. The number of hydrogen-bond donors (Lipinski definition) is 0. The molecule has 1 amide bonds. The average molecular weight is 232 g/mol. The van der Waals surface area contributed by atoms with E-state index in [-0.39, 0.29) is 4.88 Å². The van der Waals surface area contributed by atoms with Gasteiger partial charge >= 0.3 is 11.8 Å². The van der Waals surface area contributed by atoms with Crippen LogP contribution in [0.5, 0.6) is 0 Å². The zero-order chi connectivity index (χ0) is 11.1. The molecule has 0 unspecified atom stereocenters. The second-order valence-corrected chi connectivity index (χ2v) is 4.35. The van der Waals surface area contributed by atoms with Gasteiger partial charge < -0.3 is 0 Å². The van der Waals surface area contributed by atoms with Crippen molar-refractivity contribution in [1.29, 1.82) is 0 Å². The van der Waals surface area contributed by atoms with E-state index in [4.69, 9.17) is 0 Å². The summed E-state index contributed by atoms with van der Waals surface area (Å²) in [6.45, 7) is 0. The fourth-order valence-electron chi connectivity index (χ4n) is 1.19. The van der Waals surface area contributed by atoms with Gasteiger partial charge in [0.2, 0.25) is 0 Å². The first-order valence-electron chi connectivity index (χ1n) is 4.27. The summed E-state index contributed by atoms with van der Waals surface area (Å²) in [6, 6.07) is 0. The summed E-state index contributed by atoms with van der Waals surface area (Å²) in [6.07, 6.45) is 1.92. The van der Waals surface area contributed by atoms with Gasteiger partial charge in [0.05, 0.1) is 6.20 Å². The molecule has 1 aromatic rings. The van der Waals surface area contributed by atoms with Crippen LogP contribution in [0.2, 0.25) is 0 Å². The second-order valence-electron chi connectivity index (χ2n) is 3.32. The summed E-state index contributed by atoms with van der Waals surface area (Å²) in [4.78, 5) is 24.0. The van der Waals surface area contributed by atoms with Crippen LogP contribution in [0.15, 0.2) is 11.4 Å². The summed E-state index contributed by atoms with van der Waals surface area (Å²) < 4.78 is 26.9. The number of rotatable bonds is 3. The number of thiazole rings is 1. The summed E-state index contributed by atoms with van der Waals surface area (Å²) in [7, 11) is 0. The SMILES string of the molecule is O=NC(=O)c1cnc(C(F)(F)C2CC2)s1. The molecule has 0 bridgehead atoms. The lowest BCUT2D eigenvalue weighted by Gasteiger charge is -2.10. The number of carbonyl (C=O) groups excluding carboxylic acids is 1. The van der Waals surface area contributed by atoms with E-state index < -0.39 is 22.8 Å². The van der Waals surface area contributed by atoms with Crippen LogP contribution in [-0.2, 0) is 5.92 Å². The Bertz CT molecular complexity index is 415. The first kappa shape index (κ1) is 10.3. The molecule has 1 fully saturated rings. The van der Waals surface area contributed by atoms with Crippen molar-refractivity contribution in [3.63, 3.8) is 0 Å². The number of halogens is 2. The molecule has 0 saturated heterocycles. The van der Waals surface area contributed by atoms with Crippen molar-refractivity contribution >= 4 is 17.2 Å². The number of hydrogen-bond acceptors (Lipinski definition) is 4. The predicted molar refractivity (Wildman–Crippen MR) is 48.9 cm³/mol. The van der Waals surface area contributed by atoms with Crippen molar-refractivity contribution in [1.82, 2.24) is 4.98 Å². The lowest BCUT2D eigenvalue weighted by Crippen LogP contribution is -2.15. The number of carbonyl (C=O) groups is 1. The highest BCUT2D eigenvalue weighted by Gasteiger charge is 2.50. The Kier molecular flexibility index (Phi) is 2.34. The molecule has 1 aliphatic rings. The molecule has 80 valence electrons. The third-order valence-corrected chi connectivity index (χ3v) is 3.25. The Morgan fingerprint density at radius 2 is 2.27 bits per heavy atom. The minimum atomic E-state index is -2.98. The number of nitrogens with zero attached hydrogens (tertiary/aromatic N) is 2. The average Bonchev–Trinajstić information content (AvgIpc) is 2.95. The van der Waals surface area contributed by atoms with Crippen LogP contribution < -0.4 is 0 Å². The number of amides is 1. The maximum absolute atomic E-state index is 13.4. The molecule has 2 rings (SSSR count). The fraction of sp³-hybridized carbons (Fsp3) is 0.500. The van der Waals surface area contributed by atoms with Gasteiger partial charge in [-0.25, -0.2) is 4.98 Å². The normalized spacial score (nSPS) is 16.4. The van der Waals surface area contributed by atoms with Crippen molar-refractivity contribution in [2.45, 2.75) is 18.8 Å². The molecule has 1 aliphatic carbocycles. The summed E-state index contributed by atoms with van der Waals surface area (Å²) in [5.74, 6) is -4.70.